The Kier molecular flexibility index (Phi) is 7.25. The fourth-order valence-corrected chi connectivity index (χ4v) is 3.22. The first-order valence-corrected chi connectivity index (χ1v) is 10.5. The van der Waals surface area contributed by atoms with E-state index in [4.69, 9.17) is 4.42 Å². The first-order valence-electron chi connectivity index (χ1n) is 9.75. The Balaban J connectivity index is 1.91. The van der Waals surface area contributed by atoms with Crippen molar-refractivity contribution in [1.82, 2.24) is 10.2 Å². The number of rotatable bonds is 7. The van der Waals surface area contributed by atoms with Crippen LogP contribution >= 0.6 is 15.9 Å². The molecule has 0 aliphatic carbocycles. The maximum Gasteiger partial charge on any atom is 0.270 e. The van der Waals surface area contributed by atoms with Gasteiger partial charge in [-0.1, -0.05) is 46.3 Å². The summed E-state index contributed by atoms with van der Waals surface area (Å²) in [4.78, 5) is 27.3. The molecule has 3 rings (SSSR count). The van der Waals surface area contributed by atoms with Crippen LogP contribution in [0.25, 0.3) is 17.4 Å². The van der Waals surface area contributed by atoms with Gasteiger partial charge in [0.15, 0.2) is 0 Å². The lowest BCUT2D eigenvalue weighted by Gasteiger charge is -2.20. The molecule has 0 fully saturated rings. The van der Waals surface area contributed by atoms with Crippen LogP contribution in [0.5, 0.6) is 0 Å². The fraction of sp³-hybridized carbons (Fsp3) is 0.167. The van der Waals surface area contributed by atoms with E-state index in [-0.39, 0.29) is 17.5 Å². The average molecular weight is 467 g/mol. The van der Waals surface area contributed by atoms with E-state index >= 15 is 0 Å². The topological polar surface area (TPSA) is 62.6 Å². The highest BCUT2D eigenvalue weighted by atomic mass is 79.9. The number of furan rings is 1. The molecule has 0 aliphatic rings. The molecule has 6 heteroatoms. The minimum absolute atomic E-state index is 0.171. The van der Waals surface area contributed by atoms with E-state index in [0.29, 0.717) is 30.2 Å². The van der Waals surface area contributed by atoms with Crippen LogP contribution in [0, 0.1) is 0 Å². The van der Waals surface area contributed by atoms with E-state index in [0.717, 1.165) is 10.0 Å². The molecule has 0 spiro atoms. The maximum absolute atomic E-state index is 13.0. The van der Waals surface area contributed by atoms with Gasteiger partial charge in [-0.25, -0.2) is 0 Å². The summed E-state index contributed by atoms with van der Waals surface area (Å²) in [5.41, 5.74) is 1.57. The number of hydrogen-bond donors (Lipinski definition) is 1. The third kappa shape index (κ3) is 5.27. The highest BCUT2D eigenvalue weighted by Crippen LogP contribution is 2.25. The van der Waals surface area contributed by atoms with Gasteiger partial charge in [0.2, 0.25) is 0 Å². The fourth-order valence-electron chi connectivity index (χ4n) is 2.96. The molecule has 2 aromatic carbocycles. The van der Waals surface area contributed by atoms with Crippen LogP contribution < -0.4 is 5.32 Å². The van der Waals surface area contributed by atoms with E-state index in [2.05, 4.69) is 21.2 Å². The molecule has 154 valence electrons. The highest BCUT2D eigenvalue weighted by molar-refractivity contribution is 9.10. The molecule has 0 atom stereocenters. The molecule has 5 nitrogen and oxygen atoms in total. The van der Waals surface area contributed by atoms with Gasteiger partial charge >= 0.3 is 0 Å². The molecule has 0 unspecified atom stereocenters. The molecule has 2 amide bonds. The molecule has 1 aromatic heterocycles. The lowest BCUT2D eigenvalue weighted by Crippen LogP contribution is -2.38. The molecule has 1 heterocycles. The zero-order chi connectivity index (χ0) is 21.5. The van der Waals surface area contributed by atoms with E-state index in [1.165, 1.54) is 0 Å². The Hall–Kier alpha value is -3.12. The molecule has 0 saturated carbocycles. The summed E-state index contributed by atoms with van der Waals surface area (Å²) in [6.45, 7) is 4.87. The van der Waals surface area contributed by atoms with Crippen molar-refractivity contribution in [3.63, 3.8) is 0 Å². The van der Waals surface area contributed by atoms with E-state index < -0.39 is 0 Å². The molecule has 0 radical (unpaired) electrons. The molecule has 0 saturated heterocycles. The molecule has 0 bridgehead atoms. The van der Waals surface area contributed by atoms with Gasteiger partial charge in [-0.15, -0.1) is 0 Å². The zero-order valence-electron chi connectivity index (χ0n) is 16.9. The van der Waals surface area contributed by atoms with Crippen LogP contribution in [0.1, 0.15) is 30.0 Å². The first-order chi connectivity index (χ1) is 14.5. The smallest absolute Gasteiger partial charge is 0.270 e. The Morgan fingerprint density at radius 3 is 2.27 bits per heavy atom. The van der Waals surface area contributed by atoms with Gasteiger partial charge in [0.05, 0.1) is 0 Å². The standard InChI is InChI=1S/C24H23BrN2O3/c1-3-27(4-2)24(29)21(26-23(28)18-8-6-5-7-9-18)16-20-14-15-22(30-20)17-10-12-19(25)13-11-17/h5-16H,3-4H2,1-2H3,(H,26,28). The van der Waals surface area contributed by atoms with Crippen LogP contribution in [-0.4, -0.2) is 29.8 Å². The van der Waals surface area contributed by atoms with Crippen molar-refractivity contribution in [2.45, 2.75) is 13.8 Å². The van der Waals surface area contributed by atoms with Gasteiger partial charge in [0, 0.05) is 34.8 Å². The number of nitrogens with one attached hydrogen (secondary N) is 1. The zero-order valence-corrected chi connectivity index (χ0v) is 18.5. The van der Waals surface area contributed by atoms with Crippen LogP contribution in [-0.2, 0) is 4.79 Å². The average Bonchev–Trinajstić information content (AvgIpc) is 3.23. The van der Waals surface area contributed by atoms with Gasteiger partial charge in [-0.05, 0) is 50.2 Å². The number of halogens is 1. The van der Waals surface area contributed by atoms with Crippen molar-refractivity contribution in [2.24, 2.45) is 0 Å². The second-order valence-corrected chi connectivity index (χ2v) is 7.48. The minimum atomic E-state index is -0.345. The predicted octanol–water partition coefficient (Wildman–Crippen LogP) is 5.35. The van der Waals surface area contributed by atoms with Crippen molar-refractivity contribution in [1.29, 1.82) is 0 Å². The van der Waals surface area contributed by atoms with Crippen LogP contribution in [0.15, 0.2) is 81.3 Å². The van der Waals surface area contributed by atoms with Crippen molar-refractivity contribution in [2.75, 3.05) is 13.1 Å². The van der Waals surface area contributed by atoms with Gasteiger partial charge in [-0.3, -0.25) is 9.59 Å². The van der Waals surface area contributed by atoms with Crippen molar-refractivity contribution >= 4 is 33.8 Å². The van der Waals surface area contributed by atoms with Crippen molar-refractivity contribution < 1.29 is 14.0 Å². The van der Waals surface area contributed by atoms with Gasteiger partial charge < -0.3 is 14.6 Å². The highest BCUT2D eigenvalue weighted by Gasteiger charge is 2.19. The number of likely N-dealkylation sites (N-methyl/N-ethyl adjacent to an activating group) is 1. The van der Waals surface area contributed by atoms with E-state index in [1.54, 1.807) is 41.3 Å². The summed E-state index contributed by atoms with van der Waals surface area (Å²) in [7, 11) is 0. The molecule has 3 aromatic rings. The number of benzene rings is 2. The summed E-state index contributed by atoms with van der Waals surface area (Å²) >= 11 is 3.42. The third-order valence-corrected chi connectivity index (χ3v) is 5.14. The Morgan fingerprint density at radius 1 is 0.967 bits per heavy atom. The monoisotopic (exact) mass is 466 g/mol. The second kappa shape index (κ2) is 10.1. The Bertz CT molecular complexity index is 1040. The molecule has 30 heavy (non-hydrogen) atoms. The van der Waals surface area contributed by atoms with Gasteiger partial charge in [0.1, 0.15) is 17.2 Å². The molecule has 1 N–H and O–H groups in total. The Morgan fingerprint density at radius 2 is 1.63 bits per heavy atom. The SMILES string of the molecule is CCN(CC)C(=O)C(=Cc1ccc(-c2ccc(Br)cc2)o1)NC(=O)c1ccccc1. The second-order valence-electron chi connectivity index (χ2n) is 6.56. The van der Waals surface area contributed by atoms with Crippen LogP contribution in [0.4, 0.5) is 0 Å². The normalized spacial score (nSPS) is 11.2. The number of carbonyl (C=O) groups is 2. The van der Waals surface area contributed by atoms with E-state index in [1.807, 2.05) is 50.2 Å². The van der Waals surface area contributed by atoms with Crippen LogP contribution in [0.3, 0.4) is 0 Å². The Labute approximate surface area is 184 Å². The number of carbonyl (C=O) groups excluding carboxylic acids is 2. The molecule has 0 aliphatic heterocycles. The van der Waals surface area contributed by atoms with E-state index in [9.17, 15) is 9.59 Å². The molecular weight excluding hydrogens is 444 g/mol. The molecular formula is C24H23BrN2O3. The first kappa shape index (κ1) is 21.6. The maximum atomic E-state index is 13.0. The minimum Gasteiger partial charge on any atom is -0.457 e. The van der Waals surface area contributed by atoms with Gasteiger partial charge in [0.25, 0.3) is 11.8 Å². The largest absolute Gasteiger partial charge is 0.457 e. The lowest BCUT2D eigenvalue weighted by molar-refractivity contribution is -0.127. The number of amides is 2. The quantitative estimate of drug-likeness (QED) is 0.477. The third-order valence-electron chi connectivity index (χ3n) is 4.61. The summed E-state index contributed by atoms with van der Waals surface area (Å²) in [6, 6.07) is 20.2. The number of hydrogen-bond acceptors (Lipinski definition) is 3. The van der Waals surface area contributed by atoms with Gasteiger partial charge in [-0.2, -0.15) is 0 Å². The predicted molar refractivity (Wildman–Crippen MR) is 122 cm³/mol. The lowest BCUT2D eigenvalue weighted by atomic mass is 10.2. The number of nitrogens with zero attached hydrogens (tertiary/aromatic N) is 1. The summed E-state index contributed by atoms with van der Waals surface area (Å²) < 4.78 is 6.89. The summed E-state index contributed by atoms with van der Waals surface area (Å²) in [6.07, 6.45) is 1.57. The van der Waals surface area contributed by atoms with Crippen molar-refractivity contribution in [3.05, 3.63) is 88.2 Å². The summed E-state index contributed by atoms with van der Waals surface area (Å²) in [5.74, 6) is 0.558. The summed E-state index contributed by atoms with van der Waals surface area (Å²) in [5, 5.41) is 2.75. The van der Waals surface area contributed by atoms with Crippen LogP contribution in [0.2, 0.25) is 0 Å². The van der Waals surface area contributed by atoms with Crippen molar-refractivity contribution in [3.8, 4) is 11.3 Å².